The molecule has 9 nitrogen and oxygen atoms in total. The minimum Gasteiger partial charge on any atom is -0.357 e. The molecule has 9 heteroatoms. The van der Waals surface area contributed by atoms with E-state index in [1.165, 1.54) is 6.42 Å². The predicted molar refractivity (Wildman–Crippen MR) is 160 cm³/mol. The first-order chi connectivity index (χ1) is 19.4. The van der Waals surface area contributed by atoms with Gasteiger partial charge in [-0.25, -0.2) is 9.97 Å². The van der Waals surface area contributed by atoms with E-state index < -0.39 is 0 Å². The van der Waals surface area contributed by atoms with E-state index >= 15 is 0 Å². The molecule has 0 spiro atoms. The lowest BCUT2D eigenvalue weighted by Crippen LogP contribution is -2.35. The summed E-state index contributed by atoms with van der Waals surface area (Å²) in [6.45, 7) is 6.03. The number of carbonyl (C=O) groups is 2. The number of aryl methyl sites for hydroxylation is 1. The number of para-hydroxylation sites is 1. The quantitative estimate of drug-likeness (QED) is 0.437. The Morgan fingerprint density at radius 2 is 1.88 bits per heavy atom. The lowest BCUT2D eigenvalue weighted by molar-refractivity contribution is -0.126. The van der Waals surface area contributed by atoms with Crippen LogP contribution in [0.4, 0.5) is 11.8 Å². The zero-order chi connectivity index (χ0) is 28.1. The molecule has 2 aliphatic heterocycles. The van der Waals surface area contributed by atoms with Crippen molar-refractivity contribution in [1.82, 2.24) is 24.3 Å². The van der Waals surface area contributed by atoms with Gasteiger partial charge in [0.1, 0.15) is 5.82 Å². The molecule has 1 atom stereocenters. The number of amides is 2. The van der Waals surface area contributed by atoms with E-state index in [-0.39, 0.29) is 17.9 Å². The lowest BCUT2D eigenvalue weighted by atomic mass is 10.1. The minimum atomic E-state index is -0.206. The van der Waals surface area contributed by atoms with Crippen LogP contribution in [0.25, 0.3) is 11.0 Å². The predicted octanol–water partition coefficient (Wildman–Crippen LogP) is 4.65. The number of rotatable bonds is 7. The second kappa shape index (κ2) is 12.6. The second-order valence-corrected chi connectivity index (χ2v) is 11.3. The van der Waals surface area contributed by atoms with Crippen molar-refractivity contribution in [3.05, 3.63) is 59.8 Å². The molecule has 2 amide bonds. The standard InChI is InChI=1S/C31H41N7O2/c1-23-11-9-13-26-29(23)38(25-12-5-8-20-37(22-25)28(39)14-10-17-35(2)3)31(33-26)34-30(40)24-15-16-32-27(21-24)36-18-6-4-7-19-36/h9-11,13-16,21,25H,4-8,12,17-20,22H2,1-3H3,(H,33,34,40). The largest absolute Gasteiger partial charge is 0.357 e. The van der Waals surface area contributed by atoms with E-state index in [1.54, 1.807) is 18.3 Å². The molecule has 2 fully saturated rings. The average molecular weight is 544 g/mol. The van der Waals surface area contributed by atoms with Gasteiger partial charge >= 0.3 is 0 Å². The monoisotopic (exact) mass is 543 g/mol. The summed E-state index contributed by atoms with van der Waals surface area (Å²) in [7, 11) is 3.97. The molecule has 0 saturated carbocycles. The molecule has 0 bridgehead atoms. The van der Waals surface area contributed by atoms with Crippen molar-refractivity contribution in [2.24, 2.45) is 0 Å². The van der Waals surface area contributed by atoms with Crippen LogP contribution in [0.1, 0.15) is 60.5 Å². The summed E-state index contributed by atoms with van der Waals surface area (Å²) in [4.78, 5) is 42.3. The molecule has 1 unspecified atom stereocenters. The number of fused-ring (bicyclic) bond motifs is 1. The first-order valence-electron chi connectivity index (χ1n) is 14.5. The summed E-state index contributed by atoms with van der Waals surface area (Å²) in [5, 5.41) is 3.13. The van der Waals surface area contributed by atoms with Gasteiger partial charge in [-0.15, -0.1) is 0 Å². The van der Waals surface area contributed by atoms with E-state index in [2.05, 4.69) is 32.8 Å². The van der Waals surface area contributed by atoms with Crippen LogP contribution in [0, 0.1) is 6.92 Å². The fourth-order valence-electron chi connectivity index (χ4n) is 5.79. The molecular formula is C31H41N7O2. The number of pyridine rings is 1. The molecule has 2 aliphatic rings. The molecule has 0 aliphatic carbocycles. The Balaban J connectivity index is 1.43. The van der Waals surface area contributed by atoms with Crippen molar-refractivity contribution < 1.29 is 9.59 Å². The molecule has 4 heterocycles. The maximum Gasteiger partial charge on any atom is 0.258 e. The highest BCUT2D eigenvalue weighted by molar-refractivity contribution is 6.04. The number of carbonyl (C=O) groups excluding carboxylic acids is 2. The fraction of sp³-hybridized carbons (Fsp3) is 0.484. The number of likely N-dealkylation sites (tertiary alicyclic amines) is 1. The number of aromatic nitrogens is 3. The maximum atomic E-state index is 13.6. The fourth-order valence-corrected chi connectivity index (χ4v) is 5.79. The van der Waals surface area contributed by atoms with Crippen LogP contribution in [0.2, 0.25) is 0 Å². The third kappa shape index (κ3) is 6.36. The maximum absolute atomic E-state index is 13.6. The zero-order valence-corrected chi connectivity index (χ0v) is 24.0. The Morgan fingerprint density at radius 3 is 2.67 bits per heavy atom. The summed E-state index contributed by atoms with van der Waals surface area (Å²) in [6, 6.07) is 9.68. The molecule has 3 aromatic rings. The van der Waals surface area contributed by atoms with Crippen molar-refractivity contribution >= 4 is 34.6 Å². The van der Waals surface area contributed by atoms with E-state index in [0.717, 1.165) is 80.7 Å². The normalized spacial score (nSPS) is 18.4. The third-order valence-corrected chi connectivity index (χ3v) is 7.88. The number of benzene rings is 1. The van der Waals surface area contributed by atoms with Crippen LogP contribution in [0.5, 0.6) is 0 Å². The van der Waals surface area contributed by atoms with Crippen LogP contribution in [-0.2, 0) is 4.79 Å². The second-order valence-electron chi connectivity index (χ2n) is 11.3. The summed E-state index contributed by atoms with van der Waals surface area (Å²) in [6.07, 6.45) is 11.7. The SMILES string of the molecule is Cc1cccc2nc(NC(=O)c3ccnc(N4CCCCC4)c3)n(C3CCCCN(C(=O)C=CCN(C)C)C3)c12. The van der Waals surface area contributed by atoms with Crippen LogP contribution >= 0.6 is 0 Å². The van der Waals surface area contributed by atoms with Crippen LogP contribution in [0.3, 0.4) is 0 Å². The number of hydrogen-bond acceptors (Lipinski definition) is 6. The Kier molecular flexibility index (Phi) is 8.79. The van der Waals surface area contributed by atoms with Gasteiger partial charge in [0.15, 0.2) is 0 Å². The van der Waals surface area contributed by atoms with E-state index in [9.17, 15) is 9.59 Å². The molecule has 5 rings (SSSR count). The van der Waals surface area contributed by atoms with Gasteiger partial charge in [0.25, 0.3) is 5.91 Å². The molecule has 1 aromatic carbocycles. The van der Waals surface area contributed by atoms with Crippen LogP contribution in [0.15, 0.2) is 48.7 Å². The first-order valence-corrected chi connectivity index (χ1v) is 14.5. The smallest absolute Gasteiger partial charge is 0.258 e. The lowest BCUT2D eigenvalue weighted by Gasteiger charge is -2.28. The Bertz CT molecular complexity index is 1370. The van der Waals surface area contributed by atoms with Gasteiger partial charge in [0.2, 0.25) is 11.9 Å². The van der Waals surface area contributed by atoms with Gasteiger partial charge < -0.3 is 19.3 Å². The Morgan fingerprint density at radius 1 is 1.07 bits per heavy atom. The summed E-state index contributed by atoms with van der Waals surface area (Å²) in [5.41, 5.74) is 3.50. The highest BCUT2D eigenvalue weighted by Gasteiger charge is 2.27. The molecule has 2 saturated heterocycles. The van der Waals surface area contributed by atoms with Crippen molar-refractivity contribution in [2.75, 3.05) is 57.0 Å². The number of imidazole rings is 1. The Labute approximate surface area is 236 Å². The zero-order valence-electron chi connectivity index (χ0n) is 24.0. The van der Waals surface area contributed by atoms with E-state index in [4.69, 9.17) is 4.98 Å². The van der Waals surface area contributed by atoms with Gasteiger partial charge in [0.05, 0.1) is 17.1 Å². The van der Waals surface area contributed by atoms with Crippen LogP contribution in [-0.4, -0.2) is 83.0 Å². The number of hydrogen-bond donors (Lipinski definition) is 1. The number of likely N-dealkylation sites (N-methyl/N-ethyl adjacent to an activating group) is 1. The summed E-state index contributed by atoms with van der Waals surface area (Å²) >= 11 is 0. The van der Waals surface area contributed by atoms with Crippen molar-refractivity contribution in [1.29, 1.82) is 0 Å². The first kappa shape index (κ1) is 27.8. The average Bonchev–Trinajstić information content (AvgIpc) is 3.15. The topological polar surface area (TPSA) is 86.6 Å². The van der Waals surface area contributed by atoms with E-state index in [1.807, 2.05) is 48.2 Å². The highest BCUT2D eigenvalue weighted by Crippen LogP contribution is 2.32. The summed E-state index contributed by atoms with van der Waals surface area (Å²) < 4.78 is 2.16. The molecular weight excluding hydrogens is 502 g/mol. The number of piperidine rings is 1. The molecule has 2 aromatic heterocycles. The molecule has 0 radical (unpaired) electrons. The third-order valence-electron chi connectivity index (χ3n) is 7.88. The van der Waals surface area contributed by atoms with Crippen LogP contribution < -0.4 is 10.2 Å². The van der Waals surface area contributed by atoms with Gasteiger partial charge in [-0.05, 0) is 83.3 Å². The highest BCUT2D eigenvalue weighted by atomic mass is 16.2. The van der Waals surface area contributed by atoms with Crippen molar-refractivity contribution in [2.45, 2.75) is 51.5 Å². The van der Waals surface area contributed by atoms with Gasteiger partial charge in [-0.2, -0.15) is 0 Å². The van der Waals surface area contributed by atoms with Crippen molar-refractivity contribution in [3.8, 4) is 0 Å². The molecule has 212 valence electrons. The van der Waals surface area contributed by atoms with Gasteiger partial charge in [-0.1, -0.05) is 18.2 Å². The number of anilines is 2. The van der Waals surface area contributed by atoms with Gasteiger partial charge in [0, 0.05) is 50.6 Å². The number of nitrogens with one attached hydrogen (secondary N) is 1. The Hall–Kier alpha value is -3.72. The van der Waals surface area contributed by atoms with E-state index in [0.29, 0.717) is 18.1 Å². The minimum absolute atomic E-state index is 0.00329. The van der Waals surface area contributed by atoms with Gasteiger partial charge in [-0.3, -0.25) is 14.9 Å². The summed E-state index contributed by atoms with van der Waals surface area (Å²) in [5.74, 6) is 1.19. The molecule has 1 N–H and O–H groups in total. The number of nitrogens with zero attached hydrogens (tertiary/aromatic N) is 6. The molecule has 40 heavy (non-hydrogen) atoms. The van der Waals surface area contributed by atoms with Crippen molar-refractivity contribution in [3.63, 3.8) is 0 Å².